The molecule has 1 atom stereocenters. The number of nitrogens with one attached hydrogen (secondary N) is 2. The average Bonchev–Trinajstić information content (AvgIpc) is 3.15. The summed E-state index contributed by atoms with van der Waals surface area (Å²) in [4.78, 5) is 26.8. The second-order valence-corrected chi connectivity index (χ2v) is 6.97. The van der Waals surface area contributed by atoms with Crippen molar-refractivity contribution in [2.24, 2.45) is 0 Å². The third-order valence-corrected chi connectivity index (χ3v) is 4.91. The van der Waals surface area contributed by atoms with Crippen molar-refractivity contribution in [2.45, 2.75) is 18.9 Å². The van der Waals surface area contributed by atoms with Gasteiger partial charge in [-0.3, -0.25) is 4.79 Å². The summed E-state index contributed by atoms with van der Waals surface area (Å²) in [5.41, 5.74) is 1.06. The molecule has 0 aromatic heterocycles. The van der Waals surface area contributed by atoms with Crippen molar-refractivity contribution in [3.8, 4) is 5.75 Å². The van der Waals surface area contributed by atoms with Gasteiger partial charge in [-0.15, -0.1) is 0 Å². The van der Waals surface area contributed by atoms with E-state index >= 15 is 0 Å². The van der Waals surface area contributed by atoms with Crippen LogP contribution in [0.2, 0.25) is 10.0 Å². The Kier molecular flexibility index (Phi) is 6.08. The van der Waals surface area contributed by atoms with Gasteiger partial charge in [0.25, 0.3) is 0 Å². The Morgan fingerprint density at radius 1 is 1.11 bits per heavy atom. The zero-order valence-corrected chi connectivity index (χ0v) is 16.2. The summed E-state index contributed by atoms with van der Waals surface area (Å²) < 4.78 is 5.10. The van der Waals surface area contributed by atoms with Crippen LogP contribution in [0.25, 0.3) is 0 Å². The number of benzene rings is 2. The molecule has 0 aliphatic carbocycles. The zero-order valence-electron chi connectivity index (χ0n) is 14.7. The zero-order chi connectivity index (χ0) is 19.4. The number of urea groups is 1. The second-order valence-electron chi connectivity index (χ2n) is 6.12. The molecular weight excluding hydrogens is 389 g/mol. The van der Waals surface area contributed by atoms with Crippen LogP contribution in [0.3, 0.4) is 0 Å². The Morgan fingerprint density at radius 3 is 2.56 bits per heavy atom. The molecule has 3 rings (SSSR count). The molecule has 1 fully saturated rings. The van der Waals surface area contributed by atoms with Crippen LogP contribution >= 0.6 is 23.2 Å². The number of amides is 3. The monoisotopic (exact) mass is 407 g/mol. The van der Waals surface area contributed by atoms with E-state index in [0.29, 0.717) is 40.1 Å². The van der Waals surface area contributed by atoms with Crippen molar-refractivity contribution >= 4 is 46.5 Å². The highest BCUT2D eigenvalue weighted by Crippen LogP contribution is 2.27. The number of anilines is 2. The van der Waals surface area contributed by atoms with Crippen LogP contribution < -0.4 is 15.4 Å². The number of likely N-dealkylation sites (tertiary alicyclic amines) is 1. The maximum atomic E-state index is 12.7. The molecule has 2 aromatic rings. The van der Waals surface area contributed by atoms with Crippen LogP contribution in [0.5, 0.6) is 5.75 Å². The minimum atomic E-state index is -0.571. The molecular formula is C19H19Cl2N3O3. The third kappa shape index (κ3) is 4.64. The number of carbonyl (C=O) groups excluding carboxylic acids is 2. The van der Waals surface area contributed by atoms with E-state index in [9.17, 15) is 9.59 Å². The summed E-state index contributed by atoms with van der Waals surface area (Å²) in [6.07, 6.45) is 1.33. The van der Waals surface area contributed by atoms with E-state index in [0.717, 1.165) is 6.42 Å². The van der Waals surface area contributed by atoms with Crippen LogP contribution in [0.15, 0.2) is 42.5 Å². The molecule has 0 bridgehead atoms. The average molecular weight is 408 g/mol. The van der Waals surface area contributed by atoms with Gasteiger partial charge in [-0.2, -0.15) is 0 Å². The van der Waals surface area contributed by atoms with Crippen LogP contribution in [-0.2, 0) is 4.79 Å². The summed E-state index contributed by atoms with van der Waals surface area (Å²) in [7, 11) is 1.58. The maximum absolute atomic E-state index is 12.7. The molecule has 142 valence electrons. The normalized spacial score (nSPS) is 16.1. The molecule has 0 saturated carbocycles. The number of hydrogen-bond acceptors (Lipinski definition) is 3. The maximum Gasteiger partial charge on any atom is 0.322 e. The van der Waals surface area contributed by atoms with E-state index in [1.54, 1.807) is 49.6 Å². The van der Waals surface area contributed by atoms with Crippen molar-refractivity contribution in [1.29, 1.82) is 0 Å². The molecule has 1 heterocycles. The standard InChI is InChI=1S/C19H19Cl2N3O3/c1-27-14-7-5-13(6-8-14)22-19(26)24-10-2-3-17(24)18(25)23-16-11-12(20)4-9-15(16)21/h4-9,11,17H,2-3,10H2,1H3,(H,22,26)(H,23,25)/t17-/m1/s1. The molecule has 1 aliphatic heterocycles. The Bertz CT molecular complexity index is 843. The molecule has 3 amide bonds. The van der Waals surface area contributed by atoms with Gasteiger partial charge >= 0.3 is 6.03 Å². The molecule has 0 radical (unpaired) electrons. The lowest BCUT2D eigenvalue weighted by Crippen LogP contribution is -2.45. The van der Waals surface area contributed by atoms with Gasteiger partial charge in [-0.05, 0) is 55.3 Å². The van der Waals surface area contributed by atoms with Crippen molar-refractivity contribution in [3.63, 3.8) is 0 Å². The summed E-state index contributed by atoms with van der Waals surface area (Å²) in [6, 6.07) is 10.9. The van der Waals surface area contributed by atoms with Crippen molar-refractivity contribution in [3.05, 3.63) is 52.5 Å². The van der Waals surface area contributed by atoms with E-state index in [1.807, 2.05) is 0 Å². The summed E-state index contributed by atoms with van der Waals surface area (Å²) in [5, 5.41) is 6.43. The SMILES string of the molecule is COc1ccc(NC(=O)N2CCC[C@@H]2C(=O)Nc2cc(Cl)ccc2Cl)cc1. The first-order chi connectivity index (χ1) is 13.0. The number of nitrogens with zero attached hydrogens (tertiary/aromatic N) is 1. The highest BCUT2D eigenvalue weighted by atomic mass is 35.5. The molecule has 6 nitrogen and oxygen atoms in total. The molecule has 1 aliphatic rings. The molecule has 8 heteroatoms. The molecule has 0 spiro atoms. The quantitative estimate of drug-likeness (QED) is 0.775. The number of methoxy groups -OCH3 is 1. The van der Waals surface area contributed by atoms with E-state index in [1.165, 1.54) is 4.90 Å². The number of ether oxygens (including phenoxy) is 1. The fraction of sp³-hybridized carbons (Fsp3) is 0.263. The van der Waals surface area contributed by atoms with Gasteiger partial charge < -0.3 is 20.3 Å². The lowest BCUT2D eigenvalue weighted by atomic mass is 10.2. The van der Waals surface area contributed by atoms with E-state index in [4.69, 9.17) is 27.9 Å². The predicted molar refractivity (Wildman–Crippen MR) is 107 cm³/mol. The van der Waals surface area contributed by atoms with Crippen molar-refractivity contribution in [1.82, 2.24) is 4.90 Å². The lowest BCUT2D eigenvalue weighted by molar-refractivity contribution is -0.119. The Morgan fingerprint density at radius 2 is 1.85 bits per heavy atom. The van der Waals surface area contributed by atoms with Crippen molar-refractivity contribution < 1.29 is 14.3 Å². The summed E-state index contributed by atoms with van der Waals surface area (Å²) in [6.45, 7) is 0.503. The number of hydrogen-bond donors (Lipinski definition) is 2. The minimum absolute atomic E-state index is 0.290. The fourth-order valence-corrected chi connectivity index (χ4v) is 3.30. The second kappa shape index (κ2) is 8.50. The first kappa shape index (κ1) is 19.3. The van der Waals surface area contributed by atoms with E-state index in [-0.39, 0.29) is 11.9 Å². The largest absolute Gasteiger partial charge is 0.497 e. The number of carbonyl (C=O) groups is 2. The lowest BCUT2D eigenvalue weighted by Gasteiger charge is -2.24. The predicted octanol–water partition coefficient (Wildman–Crippen LogP) is 4.64. The van der Waals surface area contributed by atoms with Crippen LogP contribution in [0, 0.1) is 0 Å². The van der Waals surface area contributed by atoms with Gasteiger partial charge in [0.1, 0.15) is 11.8 Å². The van der Waals surface area contributed by atoms with E-state index < -0.39 is 6.04 Å². The topological polar surface area (TPSA) is 70.7 Å². The first-order valence-electron chi connectivity index (χ1n) is 8.45. The van der Waals surface area contributed by atoms with E-state index in [2.05, 4.69) is 10.6 Å². The first-order valence-corrected chi connectivity index (χ1v) is 9.21. The molecule has 1 saturated heterocycles. The van der Waals surface area contributed by atoms with Gasteiger partial charge in [0.2, 0.25) is 5.91 Å². The van der Waals surface area contributed by atoms with Gasteiger partial charge in [0.05, 0.1) is 17.8 Å². The fourth-order valence-electron chi connectivity index (χ4n) is 2.96. The van der Waals surface area contributed by atoms with Gasteiger partial charge in [0, 0.05) is 17.3 Å². The third-order valence-electron chi connectivity index (χ3n) is 4.34. The smallest absolute Gasteiger partial charge is 0.322 e. The van der Waals surface area contributed by atoms with Crippen LogP contribution in [0.4, 0.5) is 16.2 Å². The Balaban J connectivity index is 1.67. The van der Waals surface area contributed by atoms with Crippen LogP contribution in [0.1, 0.15) is 12.8 Å². The van der Waals surface area contributed by atoms with Gasteiger partial charge in [-0.1, -0.05) is 23.2 Å². The summed E-state index contributed by atoms with van der Waals surface area (Å²) in [5.74, 6) is 0.409. The van der Waals surface area contributed by atoms with Crippen LogP contribution in [-0.4, -0.2) is 36.5 Å². The summed E-state index contributed by atoms with van der Waals surface area (Å²) >= 11 is 12.1. The number of rotatable bonds is 4. The van der Waals surface area contributed by atoms with Gasteiger partial charge in [-0.25, -0.2) is 4.79 Å². The highest BCUT2D eigenvalue weighted by Gasteiger charge is 2.34. The highest BCUT2D eigenvalue weighted by molar-refractivity contribution is 6.35. The minimum Gasteiger partial charge on any atom is -0.497 e. The number of halogens is 2. The Labute approximate surface area is 167 Å². The molecule has 0 unspecified atom stereocenters. The molecule has 2 N–H and O–H groups in total. The Hall–Kier alpha value is -2.44. The molecule has 2 aromatic carbocycles. The molecule has 27 heavy (non-hydrogen) atoms. The van der Waals surface area contributed by atoms with Crippen molar-refractivity contribution in [2.75, 3.05) is 24.3 Å². The van der Waals surface area contributed by atoms with Gasteiger partial charge in [0.15, 0.2) is 0 Å².